The highest BCUT2D eigenvalue weighted by Crippen LogP contribution is 2.18. The van der Waals surface area contributed by atoms with Crippen molar-refractivity contribution in [3.05, 3.63) is 34.7 Å². The van der Waals surface area contributed by atoms with Crippen molar-refractivity contribution in [2.45, 2.75) is 27.2 Å². The van der Waals surface area contributed by atoms with Gasteiger partial charge in [-0.1, -0.05) is 18.5 Å². The summed E-state index contributed by atoms with van der Waals surface area (Å²) in [6, 6.07) is 3.62. The maximum absolute atomic E-state index is 12.6. The van der Waals surface area contributed by atoms with E-state index in [0.29, 0.717) is 23.8 Å². The van der Waals surface area contributed by atoms with Crippen molar-refractivity contribution >= 4 is 23.2 Å². The zero-order chi connectivity index (χ0) is 14.0. The van der Waals surface area contributed by atoms with E-state index < -0.39 is 0 Å². The van der Waals surface area contributed by atoms with Gasteiger partial charge in [-0.05, 0) is 32.4 Å². The number of aryl methyl sites for hydroxylation is 1. The number of fused-ring (bicyclic) bond motifs is 1. The van der Waals surface area contributed by atoms with Crippen LogP contribution in [-0.2, 0) is 6.42 Å². The van der Waals surface area contributed by atoms with Gasteiger partial charge in [-0.2, -0.15) is 0 Å². The van der Waals surface area contributed by atoms with Crippen LogP contribution in [0.1, 0.15) is 37.0 Å². The topological polar surface area (TPSA) is 37.6 Å². The van der Waals surface area contributed by atoms with Crippen LogP contribution in [0.4, 0.5) is 0 Å². The van der Waals surface area contributed by atoms with Crippen LogP contribution in [0.25, 0.3) is 5.65 Å². The normalized spacial score (nSPS) is 10.9. The van der Waals surface area contributed by atoms with E-state index in [0.717, 1.165) is 17.8 Å². The van der Waals surface area contributed by atoms with Crippen molar-refractivity contribution in [2.75, 3.05) is 13.1 Å². The molecule has 0 saturated carbocycles. The molecule has 2 rings (SSSR count). The lowest BCUT2D eigenvalue weighted by molar-refractivity contribution is 0.0765. The second-order valence-corrected chi connectivity index (χ2v) is 4.75. The van der Waals surface area contributed by atoms with Crippen LogP contribution in [0.5, 0.6) is 0 Å². The van der Waals surface area contributed by atoms with Crippen LogP contribution in [0, 0.1) is 0 Å². The molecule has 0 radical (unpaired) electrons. The summed E-state index contributed by atoms with van der Waals surface area (Å²) in [4.78, 5) is 18.9. The molecule has 0 aliphatic heterocycles. The first-order chi connectivity index (χ1) is 9.12. The van der Waals surface area contributed by atoms with Crippen LogP contribution in [0.3, 0.4) is 0 Å². The maximum atomic E-state index is 12.6. The number of carbonyl (C=O) groups is 1. The third-order valence-corrected chi connectivity index (χ3v) is 3.47. The fourth-order valence-electron chi connectivity index (χ4n) is 2.20. The fraction of sp³-hybridized carbons (Fsp3) is 0.429. The molecule has 0 spiro atoms. The molecule has 2 aromatic rings. The molecular formula is C14H18ClN3O. The summed E-state index contributed by atoms with van der Waals surface area (Å²) < 4.78 is 1.79. The van der Waals surface area contributed by atoms with E-state index in [1.165, 1.54) is 0 Å². The van der Waals surface area contributed by atoms with Gasteiger partial charge in [0.1, 0.15) is 11.3 Å². The van der Waals surface area contributed by atoms with Gasteiger partial charge in [0.05, 0.1) is 10.7 Å². The molecule has 0 saturated heterocycles. The van der Waals surface area contributed by atoms with Gasteiger partial charge in [-0.25, -0.2) is 4.98 Å². The van der Waals surface area contributed by atoms with E-state index >= 15 is 0 Å². The summed E-state index contributed by atoms with van der Waals surface area (Å²) in [5.74, 6) is 0.0108. The van der Waals surface area contributed by atoms with Gasteiger partial charge in [0.2, 0.25) is 0 Å². The van der Waals surface area contributed by atoms with E-state index in [2.05, 4.69) is 4.98 Å². The molecule has 19 heavy (non-hydrogen) atoms. The highest BCUT2D eigenvalue weighted by molar-refractivity contribution is 6.30. The number of rotatable bonds is 4. The summed E-state index contributed by atoms with van der Waals surface area (Å²) in [5, 5.41) is 0.598. The predicted octanol–water partition coefficient (Wildman–Crippen LogP) is 3.03. The third-order valence-electron chi connectivity index (χ3n) is 3.24. The molecule has 0 aliphatic rings. The summed E-state index contributed by atoms with van der Waals surface area (Å²) in [6.07, 6.45) is 2.47. The lowest BCUT2D eigenvalue weighted by Gasteiger charge is -2.18. The summed E-state index contributed by atoms with van der Waals surface area (Å²) in [5.41, 5.74) is 2.21. The number of amides is 1. The van der Waals surface area contributed by atoms with Crippen molar-refractivity contribution in [3.8, 4) is 0 Å². The monoisotopic (exact) mass is 279 g/mol. The molecule has 2 heterocycles. The van der Waals surface area contributed by atoms with Gasteiger partial charge in [-0.3, -0.25) is 9.20 Å². The minimum Gasteiger partial charge on any atom is -0.338 e. The highest BCUT2D eigenvalue weighted by Gasteiger charge is 2.21. The summed E-state index contributed by atoms with van der Waals surface area (Å²) in [6.45, 7) is 7.33. The Hall–Kier alpha value is -1.55. The van der Waals surface area contributed by atoms with Gasteiger partial charge >= 0.3 is 0 Å². The minimum atomic E-state index is 0.0108. The molecule has 1 amide bonds. The first kappa shape index (κ1) is 13.9. The van der Waals surface area contributed by atoms with Crippen LogP contribution in [0.15, 0.2) is 18.3 Å². The zero-order valence-corrected chi connectivity index (χ0v) is 12.2. The van der Waals surface area contributed by atoms with E-state index in [1.807, 2.05) is 26.8 Å². The Kier molecular flexibility index (Phi) is 4.10. The molecule has 0 fully saturated rings. The molecule has 0 unspecified atom stereocenters. The molecule has 0 atom stereocenters. The summed E-state index contributed by atoms with van der Waals surface area (Å²) >= 11 is 6.02. The number of nitrogens with zero attached hydrogens (tertiary/aromatic N) is 3. The van der Waals surface area contributed by atoms with Gasteiger partial charge in [0, 0.05) is 19.3 Å². The standard InChI is InChI=1S/C14H18ClN3O/c1-4-11-13(14(19)17(5-2)6-3)18-9-10(15)7-8-12(18)16-11/h7-9H,4-6H2,1-3H3. The molecule has 0 aliphatic carbocycles. The predicted molar refractivity (Wildman–Crippen MR) is 76.8 cm³/mol. The van der Waals surface area contributed by atoms with Crippen molar-refractivity contribution < 1.29 is 4.79 Å². The average Bonchev–Trinajstić information content (AvgIpc) is 2.77. The molecule has 4 nitrogen and oxygen atoms in total. The molecule has 2 aromatic heterocycles. The lowest BCUT2D eigenvalue weighted by atomic mass is 10.2. The van der Waals surface area contributed by atoms with Crippen molar-refractivity contribution in [3.63, 3.8) is 0 Å². The number of hydrogen-bond donors (Lipinski definition) is 0. The smallest absolute Gasteiger partial charge is 0.272 e. The Labute approximate surface area is 118 Å². The first-order valence-corrected chi connectivity index (χ1v) is 6.95. The summed E-state index contributed by atoms with van der Waals surface area (Å²) in [7, 11) is 0. The Morgan fingerprint density at radius 1 is 1.32 bits per heavy atom. The average molecular weight is 280 g/mol. The number of hydrogen-bond acceptors (Lipinski definition) is 2. The van der Waals surface area contributed by atoms with Gasteiger partial charge in [0.15, 0.2) is 0 Å². The number of pyridine rings is 1. The van der Waals surface area contributed by atoms with Crippen LogP contribution >= 0.6 is 11.6 Å². The second kappa shape index (κ2) is 5.61. The maximum Gasteiger partial charge on any atom is 0.272 e. The quantitative estimate of drug-likeness (QED) is 0.863. The lowest BCUT2D eigenvalue weighted by Crippen LogP contribution is -2.32. The fourth-order valence-corrected chi connectivity index (χ4v) is 2.36. The van der Waals surface area contributed by atoms with E-state index in [9.17, 15) is 4.79 Å². The third kappa shape index (κ3) is 2.45. The van der Waals surface area contributed by atoms with Crippen LogP contribution in [0.2, 0.25) is 5.02 Å². The van der Waals surface area contributed by atoms with E-state index in [4.69, 9.17) is 11.6 Å². The molecule has 0 bridgehead atoms. The first-order valence-electron chi connectivity index (χ1n) is 6.58. The number of aromatic nitrogens is 2. The number of imidazole rings is 1. The Morgan fingerprint density at radius 3 is 2.58 bits per heavy atom. The van der Waals surface area contributed by atoms with Crippen molar-refractivity contribution in [2.24, 2.45) is 0 Å². The Bertz CT molecular complexity index is 602. The largest absolute Gasteiger partial charge is 0.338 e. The zero-order valence-electron chi connectivity index (χ0n) is 11.5. The second-order valence-electron chi connectivity index (χ2n) is 4.31. The van der Waals surface area contributed by atoms with Crippen LogP contribution in [-0.4, -0.2) is 33.3 Å². The van der Waals surface area contributed by atoms with Crippen LogP contribution < -0.4 is 0 Å². The molecule has 5 heteroatoms. The Balaban J connectivity index is 2.62. The number of halogens is 1. The van der Waals surface area contributed by atoms with Crippen molar-refractivity contribution in [1.82, 2.24) is 14.3 Å². The highest BCUT2D eigenvalue weighted by atomic mass is 35.5. The van der Waals surface area contributed by atoms with Gasteiger partial charge in [0.25, 0.3) is 5.91 Å². The van der Waals surface area contributed by atoms with Gasteiger partial charge < -0.3 is 4.90 Å². The molecule has 0 aromatic carbocycles. The van der Waals surface area contributed by atoms with E-state index in [1.54, 1.807) is 21.6 Å². The Morgan fingerprint density at radius 2 is 2.00 bits per heavy atom. The molecule has 102 valence electrons. The minimum absolute atomic E-state index is 0.0108. The van der Waals surface area contributed by atoms with Crippen molar-refractivity contribution in [1.29, 1.82) is 0 Å². The van der Waals surface area contributed by atoms with Gasteiger partial charge in [-0.15, -0.1) is 0 Å². The molecular weight excluding hydrogens is 262 g/mol. The number of carbonyl (C=O) groups excluding carboxylic acids is 1. The SMILES string of the molecule is CCc1nc2ccc(Cl)cn2c1C(=O)N(CC)CC. The molecule has 0 N–H and O–H groups in total. The van der Waals surface area contributed by atoms with E-state index in [-0.39, 0.29) is 5.91 Å².